The quantitative estimate of drug-likeness (QED) is 0.427. The molecule has 0 saturated heterocycles. The second kappa shape index (κ2) is 6.99. The molecular weight excluding hydrogens is 359 g/mol. The van der Waals surface area contributed by atoms with E-state index < -0.39 is 6.03 Å². The number of carbonyl (C=O) groups is 1. The number of H-pyrrole nitrogens is 1. The first-order valence-electron chi connectivity index (χ1n) is 8.54. The second-order valence-corrected chi connectivity index (χ2v) is 6.31. The minimum absolute atomic E-state index is 0.316. The van der Waals surface area contributed by atoms with E-state index in [4.69, 9.17) is 5.73 Å². The molecule has 140 valence electrons. The van der Waals surface area contributed by atoms with Crippen LogP contribution in [0.15, 0.2) is 54.7 Å². The molecule has 0 spiro atoms. The van der Waals surface area contributed by atoms with Crippen molar-refractivity contribution in [2.45, 2.75) is 6.92 Å². The van der Waals surface area contributed by atoms with Gasteiger partial charge in [0, 0.05) is 23.1 Å². The highest BCUT2D eigenvalue weighted by Crippen LogP contribution is 2.29. The number of hydrogen-bond donors (Lipinski definition) is 4. The Morgan fingerprint density at radius 2 is 1.79 bits per heavy atom. The van der Waals surface area contributed by atoms with Gasteiger partial charge >= 0.3 is 6.03 Å². The van der Waals surface area contributed by atoms with E-state index in [1.807, 2.05) is 12.1 Å². The van der Waals surface area contributed by atoms with Crippen LogP contribution in [-0.4, -0.2) is 21.2 Å². The molecule has 0 unspecified atom stereocenters. The number of carbonyl (C=O) groups excluding carboxylic acids is 1. The van der Waals surface area contributed by atoms with E-state index in [-0.39, 0.29) is 5.82 Å². The van der Waals surface area contributed by atoms with Crippen LogP contribution in [0.25, 0.3) is 22.2 Å². The molecule has 8 heteroatoms. The molecule has 4 aromatic rings. The Bertz CT molecular complexity index is 1170. The maximum Gasteiger partial charge on any atom is 0.323 e. The highest BCUT2D eigenvalue weighted by Gasteiger charge is 2.11. The third-order valence-corrected chi connectivity index (χ3v) is 4.34. The number of nitrogens with two attached hydrogens (primary N) is 1. The number of aromatic nitrogens is 3. The van der Waals surface area contributed by atoms with Crippen LogP contribution >= 0.6 is 0 Å². The lowest BCUT2D eigenvalue weighted by atomic mass is 10.1. The van der Waals surface area contributed by atoms with Gasteiger partial charge in [0.1, 0.15) is 5.82 Å². The number of rotatable bonds is 3. The molecule has 4 rings (SSSR count). The fourth-order valence-corrected chi connectivity index (χ4v) is 2.94. The van der Waals surface area contributed by atoms with Gasteiger partial charge in [-0.05, 0) is 48.9 Å². The first-order chi connectivity index (χ1) is 13.5. The van der Waals surface area contributed by atoms with E-state index in [0.29, 0.717) is 28.5 Å². The zero-order valence-electron chi connectivity index (χ0n) is 15.0. The first kappa shape index (κ1) is 17.5. The Morgan fingerprint density at radius 1 is 1.07 bits per heavy atom. The average Bonchev–Trinajstić information content (AvgIpc) is 3.07. The van der Waals surface area contributed by atoms with Gasteiger partial charge in [0.25, 0.3) is 0 Å². The zero-order chi connectivity index (χ0) is 19.7. The minimum atomic E-state index is -0.418. The van der Waals surface area contributed by atoms with Gasteiger partial charge in [-0.3, -0.25) is 10.1 Å². The molecule has 0 aliphatic carbocycles. The van der Waals surface area contributed by atoms with Gasteiger partial charge in [0.2, 0.25) is 0 Å². The van der Waals surface area contributed by atoms with Gasteiger partial charge in [-0.25, -0.2) is 9.18 Å². The van der Waals surface area contributed by atoms with Crippen LogP contribution in [0.4, 0.5) is 26.4 Å². The van der Waals surface area contributed by atoms with E-state index in [9.17, 15) is 9.18 Å². The summed E-state index contributed by atoms with van der Waals surface area (Å²) in [4.78, 5) is 16.6. The predicted octanol–water partition coefficient (Wildman–Crippen LogP) is 4.30. The number of benzene rings is 2. The van der Waals surface area contributed by atoms with Crippen molar-refractivity contribution in [2.75, 3.05) is 16.4 Å². The molecule has 2 amide bonds. The summed E-state index contributed by atoms with van der Waals surface area (Å²) in [7, 11) is 0. The van der Waals surface area contributed by atoms with E-state index in [1.54, 1.807) is 37.4 Å². The van der Waals surface area contributed by atoms with E-state index in [2.05, 4.69) is 25.8 Å². The van der Waals surface area contributed by atoms with Gasteiger partial charge in [-0.15, -0.1) is 0 Å². The molecule has 0 bridgehead atoms. The van der Waals surface area contributed by atoms with Crippen molar-refractivity contribution in [3.8, 4) is 11.3 Å². The van der Waals surface area contributed by atoms with Crippen LogP contribution in [-0.2, 0) is 0 Å². The van der Waals surface area contributed by atoms with Crippen molar-refractivity contribution in [2.24, 2.45) is 0 Å². The van der Waals surface area contributed by atoms with Crippen molar-refractivity contribution in [3.05, 3.63) is 66.1 Å². The number of hydrogen-bond acceptors (Lipinski definition) is 4. The summed E-state index contributed by atoms with van der Waals surface area (Å²) in [5.41, 5.74) is 9.87. The predicted molar refractivity (Wildman–Crippen MR) is 108 cm³/mol. The third-order valence-electron chi connectivity index (χ3n) is 4.34. The molecule has 2 aromatic heterocycles. The molecule has 5 N–H and O–H groups in total. The van der Waals surface area contributed by atoms with Crippen molar-refractivity contribution in [1.29, 1.82) is 0 Å². The molecule has 0 radical (unpaired) electrons. The molecule has 0 fully saturated rings. The molecule has 0 atom stereocenters. The number of nitrogens with one attached hydrogen (secondary N) is 3. The van der Waals surface area contributed by atoms with Crippen LogP contribution < -0.4 is 16.4 Å². The summed E-state index contributed by atoms with van der Waals surface area (Å²) in [6, 6.07) is 13.0. The molecule has 2 aromatic carbocycles. The van der Waals surface area contributed by atoms with E-state index in [0.717, 1.165) is 16.5 Å². The maximum absolute atomic E-state index is 13.3. The smallest absolute Gasteiger partial charge is 0.323 e. The number of amides is 2. The number of aryl methyl sites for hydroxylation is 1. The van der Waals surface area contributed by atoms with Crippen molar-refractivity contribution in [1.82, 2.24) is 15.2 Å². The standard InChI is InChI=1S/C20H17FN6O/c1-11-10-14(6-7-15(11)21)25-20(28)24-13-4-2-12(3-5-13)18-17-16(8-9-23-18)26-27-19(17)22/h2-10H,1H3,(H3,22,26,27)(H2,24,25,28). The minimum Gasteiger partial charge on any atom is -0.382 e. The van der Waals surface area contributed by atoms with Crippen molar-refractivity contribution < 1.29 is 9.18 Å². The molecule has 0 aliphatic heterocycles. The molecule has 28 heavy (non-hydrogen) atoms. The number of fused-ring (bicyclic) bond motifs is 1. The van der Waals surface area contributed by atoms with Gasteiger partial charge in [0.15, 0.2) is 5.82 Å². The second-order valence-electron chi connectivity index (χ2n) is 6.31. The molecule has 0 aliphatic rings. The Balaban J connectivity index is 1.51. The largest absolute Gasteiger partial charge is 0.382 e. The molecule has 2 heterocycles. The van der Waals surface area contributed by atoms with E-state index >= 15 is 0 Å². The van der Waals surface area contributed by atoms with Crippen LogP contribution in [0, 0.1) is 12.7 Å². The summed E-state index contributed by atoms with van der Waals surface area (Å²) in [6.07, 6.45) is 1.68. The SMILES string of the molecule is Cc1cc(NC(=O)Nc2ccc(-c3nccc4[nH]nc(N)c34)cc2)ccc1F. The van der Waals surface area contributed by atoms with Crippen LogP contribution in [0.5, 0.6) is 0 Å². The Morgan fingerprint density at radius 3 is 2.54 bits per heavy atom. The maximum atomic E-state index is 13.3. The number of halogens is 1. The summed E-state index contributed by atoms with van der Waals surface area (Å²) in [5.74, 6) is 0.0673. The van der Waals surface area contributed by atoms with Gasteiger partial charge in [0.05, 0.1) is 16.6 Å². The van der Waals surface area contributed by atoms with Crippen molar-refractivity contribution in [3.63, 3.8) is 0 Å². The monoisotopic (exact) mass is 376 g/mol. The lowest BCUT2D eigenvalue weighted by Gasteiger charge is -2.09. The average molecular weight is 376 g/mol. The van der Waals surface area contributed by atoms with Gasteiger partial charge in [-0.1, -0.05) is 12.1 Å². The molecule has 7 nitrogen and oxygen atoms in total. The Hall–Kier alpha value is -3.94. The number of pyridine rings is 1. The van der Waals surface area contributed by atoms with Crippen LogP contribution in [0.3, 0.4) is 0 Å². The Labute approximate surface area is 159 Å². The lowest BCUT2D eigenvalue weighted by Crippen LogP contribution is -2.19. The third kappa shape index (κ3) is 3.35. The first-order valence-corrected chi connectivity index (χ1v) is 8.54. The van der Waals surface area contributed by atoms with Gasteiger partial charge in [-0.2, -0.15) is 5.10 Å². The van der Waals surface area contributed by atoms with Crippen molar-refractivity contribution >= 4 is 34.1 Å². The normalized spacial score (nSPS) is 10.8. The Kier molecular flexibility index (Phi) is 4.36. The number of aromatic amines is 1. The lowest BCUT2D eigenvalue weighted by molar-refractivity contribution is 0.262. The fourth-order valence-electron chi connectivity index (χ4n) is 2.94. The van der Waals surface area contributed by atoms with Crippen LogP contribution in [0.2, 0.25) is 0 Å². The fraction of sp³-hybridized carbons (Fsp3) is 0.0500. The number of nitrogen functional groups attached to an aromatic ring is 1. The van der Waals surface area contributed by atoms with Gasteiger partial charge < -0.3 is 16.4 Å². The van der Waals surface area contributed by atoms with Crippen LogP contribution in [0.1, 0.15) is 5.56 Å². The summed E-state index contributed by atoms with van der Waals surface area (Å²) < 4.78 is 13.3. The summed E-state index contributed by atoms with van der Waals surface area (Å²) in [6.45, 7) is 1.64. The number of nitrogens with zero attached hydrogens (tertiary/aromatic N) is 2. The molecule has 0 saturated carbocycles. The summed E-state index contributed by atoms with van der Waals surface area (Å²) in [5, 5.41) is 13.0. The zero-order valence-corrected chi connectivity index (χ0v) is 15.0. The summed E-state index contributed by atoms with van der Waals surface area (Å²) >= 11 is 0. The highest BCUT2D eigenvalue weighted by atomic mass is 19.1. The highest BCUT2D eigenvalue weighted by molar-refractivity contribution is 6.01. The van der Waals surface area contributed by atoms with E-state index in [1.165, 1.54) is 12.1 Å². The topological polar surface area (TPSA) is 109 Å². The number of anilines is 3. The molecular formula is C20H17FN6O. The number of urea groups is 1.